The second kappa shape index (κ2) is 8.05. The molecule has 0 unspecified atom stereocenters. The van der Waals surface area contributed by atoms with Gasteiger partial charge in [0.1, 0.15) is 5.82 Å². The van der Waals surface area contributed by atoms with Crippen molar-refractivity contribution in [1.29, 1.82) is 0 Å². The van der Waals surface area contributed by atoms with Crippen molar-refractivity contribution >= 4 is 45.7 Å². The first kappa shape index (κ1) is 19.3. The molecule has 0 aliphatic rings. The van der Waals surface area contributed by atoms with Crippen LogP contribution in [-0.2, 0) is 10.2 Å². The van der Waals surface area contributed by atoms with E-state index in [0.717, 1.165) is 5.69 Å². The highest BCUT2D eigenvalue weighted by Gasteiger charge is 2.19. The van der Waals surface area contributed by atoms with Gasteiger partial charge in [0.05, 0.1) is 11.4 Å². The maximum Gasteiger partial charge on any atom is 0.237 e. The van der Waals surface area contributed by atoms with Crippen LogP contribution in [0.15, 0.2) is 39.2 Å². The fourth-order valence-corrected chi connectivity index (χ4v) is 3.57. The molecule has 10 heteroatoms. The molecule has 2 N–H and O–H groups in total. The predicted octanol–water partition coefficient (Wildman–Crippen LogP) is 4.44. The van der Waals surface area contributed by atoms with E-state index in [-0.39, 0.29) is 22.9 Å². The lowest BCUT2D eigenvalue weighted by Gasteiger charge is -2.12. The molecular formula is C17H18FN5O2S2. The van der Waals surface area contributed by atoms with Crippen LogP contribution in [0.4, 0.5) is 21.1 Å². The average molecular weight is 407 g/mol. The summed E-state index contributed by atoms with van der Waals surface area (Å²) in [5.74, 6) is -0.0966. The zero-order chi connectivity index (χ0) is 19.4. The van der Waals surface area contributed by atoms with E-state index in [4.69, 9.17) is 4.52 Å². The predicted molar refractivity (Wildman–Crippen MR) is 104 cm³/mol. The van der Waals surface area contributed by atoms with Gasteiger partial charge in [-0.15, -0.1) is 10.2 Å². The number of rotatable bonds is 6. The smallest absolute Gasteiger partial charge is 0.237 e. The number of carbonyl (C=O) groups is 1. The molecule has 0 saturated heterocycles. The Morgan fingerprint density at radius 2 is 2.11 bits per heavy atom. The molecule has 1 amide bonds. The molecule has 27 heavy (non-hydrogen) atoms. The summed E-state index contributed by atoms with van der Waals surface area (Å²) in [6.07, 6.45) is 0. The zero-order valence-electron chi connectivity index (χ0n) is 14.9. The van der Waals surface area contributed by atoms with Crippen LogP contribution in [0.25, 0.3) is 0 Å². The van der Waals surface area contributed by atoms with Gasteiger partial charge < -0.3 is 9.84 Å². The maximum atomic E-state index is 13.2. The van der Waals surface area contributed by atoms with Crippen LogP contribution < -0.4 is 10.6 Å². The van der Waals surface area contributed by atoms with Gasteiger partial charge in [0.15, 0.2) is 4.34 Å². The normalized spacial score (nSPS) is 11.4. The molecular weight excluding hydrogens is 389 g/mol. The van der Waals surface area contributed by atoms with Crippen LogP contribution in [0.5, 0.6) is 0 Å². The molecule has 0 saturated carbocycles. The molecule has 0 aliphatic carbocycles. The minimum Gasteiger partial charge on any atom is -0.338 e. The van der Waals surface area contributed by atoms with E-state index in [0.29, 0.717) is 21.0 Å². The fourth-order valence-electron chi connectivity index (χ4n) is 2.00. The van der Waals surface area contributed by atoms with E-state index >= 15 is 0 Å². The van der Waals surface area contributed by atoms with Gasteiger partial charge in [-0.1, -0.05) is 55.1 Å². The molecule has 3 aromatic rings. The lowest BCUT2D eigenvalue weighted by atomic mass is 9.92. The Labute approximate surface area is 163 Å². The number of nitrogens with zero attached hydrogens (tertiary/aromatic N) is 3. The van der Waals surface area contributed by atoms with Crippen LogP contribution in [-0.4, -0.2) is 27.0 Å². The van der Waals surface area contributed by atoms with Crippen molar-refractivity contribution in [1.82, 2.24) is 15.4 Å². The monoisotopic (exact) mass is 407 g/mol. The van der Waals surface area contributed by atoms with Crippen molar-refractivity contribution in [3.8, 4) is 0 Å². The lowest BCUT2D eigenvalue weighted by molar-refractivity contribution is -0.113. The summed E-state index contributed by atoms with van der Waals surface area (Å²) in [4.78, 5) is 12.1. The highest BCUT2D eigenvalue weighted by atomic mass is 32.2. The Balaban J connectivity index is 1.51. The summed E-state index contributed by atoms with van der Waals surface area (Å²) in [6.45, 7) is 6.03. The third kappa shape index (κ3) is 5.51. The van der Waals surface area contributed by atoms with Gasteiger partial charge in [0.2, 0.25) is 16.9 Å². The van der Waals surface area contributed by atoms with Crippen molar-refractivity contribution < 1.29 is 13.7 Å². The van der Waals surface area contributed by atoms with Gasteiger partial charge in [-0.05, 0) is 18.2 Å². The van der Waals surface area contributed by atoms with Gasteiger partial charge in [-0.25, -0.2) is 4.39 Å². The quantitative estimate of drug-likeness (QED) is 0.584. The van der Waals surface area contributed by atoms with E-state index < -0.39 is 0 Å². The Kier molecular flexibility index (Phi) is 5.76. The molecule has 0 fully saturated rings. The minimum atomic E-state index is -0.335. The Morgan fingerprint density at radius 1 is 1.30 bits per heavy atom. The number of hydrogen-bond acceptors (Lipinski definition) is 8. The third-order valence-electron chi connectivity index (χ3n) is 3.35. The summed E-state index contributed by atoms with van der Waals surface area (Å²) < 4.78 is 19.0. The summed E-state index contributed by atoms with van der Waals surface area (Å²) in [7, 11) is 0. The molecule has 7 nitrogen and oxygen atoms in total. The van der Waals surface area contributed by atoms with Crippen LogP contribution in [0.3, 0.4) is 0 Å². The van der Waals surface area contributed by atoms with E-state index in [9.17, 15) is 9.18 Å². The molecule has 0 radical (unpaired) electrons. The minimum absolute atomic E-state index is 0.153. The number of thioether (sulfide) groups is 1. The topological polar surface area (TPSA) is 92.9 Å². The standard InChI is InChI=1S/C17H18FN5O2S2/c1-17(2,3)12-8-14(25-23-12)20-13(24)9-26-16-22-21-15(27-16)19-11-6-4-5-10(18)7-11/h4-8H,9H2,1-3H3,(H,19,21)(H,20,24). The molecule has 0 spiro atoms. The number of nitrogens with one attached hydrogen (secondary N) is 2. The van der Waals surface area contributed by atoms with Crippen molar-refractivity contribution in [2.45, 2.75) is 30.5 Å². The Bertz CT molecular complexity index is 935. The van der Waals surface area contributed by atoms with E-state index in [1.54, 1.807) is 18.2 Å². The van der Waals surface area contributed by atoms with Crippen LogP contribution >= 0.6 is 23.1 Å². The molecule has 142 valence electrons. The molecule has 2 heterocycles. The van der Waals surface area contributed by atoms with Crippen molar-refractivity contribution in [3.63, 3.8) is 0 Å². The number of carbonyl (C=O) groups excluding carboxylic acids is 1. The van der Waals surface area contributed by atoms with Crippen molar-refractivity contribution in [3.05, 3.63) is 41.8 Å². The highest BCUT2D eigenvalue weighted by molar-refractivity contribution is 8.01. The lowest BCUT2D eigenvalue weighted by Crippen LogP contribution is -2.14. The summed E-state index contributed by atoms with van der Waals surface area (Å²) in [6, 6.07) is 7.78. The molecule has 3 rings (SSSR count). The fraction of sp³-hybridized carbons (Fsp3) is 0.294. The molecule has 2 aromatic heterocycles. The van der Waals surface area contributed by atoms with Gasteiger partial charge in [0.25, 0.3) is 0 Å². The number of aromatic nitrogens is 3. The van der Waals surface area contributed by atoms with Gasteiger partial charge in [0, 0.05) is 17.2 Å². The first-order valence-corrected chi connectivity index (χ1v) is 9.86. The average Bonchev–Trinajstić information content (AvgIpc) is 3.22. The van der Waals surface area contributed by atoms with E-state index in [1.165, 1.54) is 35.2 Å². The van der Waals surface area contributed by atoms with Crippen LogP contribution in [0, 0.1) is 5.82 Å². The maximum absolute atomic E-state index is 13.2. The molecule has 0 aliphatic heterocycles. The molecule has 0 bridgehead atoms. The Hall–Kier alpha value is -2.46. The number of amides is 1. The summed E-state index contributed by atoms with van der Waals surface area (Å²) >= 11 is 2.53. The number of benzene rings is 1. The van der Waals surface area contributed by atoms with Gasteiger partial charge in [-0.2, -0.15) is 0 Å². The number of halogens is 1. The first-order valence-electron chi connectivity index (χ1n) is 8.05. The van der Waals surface area contributed by atoms with E-state index in [2.05, 4.69) is 26.0 Å². The SMILES string of the molecule is CC(C)(C)c1cc(NC(=O)CSc2nnc(Nc3cccc(F)c3)s2)on1. The second-order valence-electron chi connectivity index (χ2n) is 6.67. The zero-order valence-corrected chi connectivity index (χ0v) is 16.6. The van der Waals surface area contributed by atoms with Crippen LogP contribution in [0.2, 0.25) is 0 Å². The molecule has 1 aromatic carbocycles. The van der Waals surface area contributed by atoms with Crippen molar-refractivity contribution in [2.24, 2.45) is 0 Å². The number of anilines is 3. The summed E-state index contributed by atoms with van der Waals surface area (Å²) in [5.41, 5.74) is 1.20. The largest absolute Gasteiger partial charge is 0.338 e. The third-order valence-corrected chi connectivity index (χ3v) is 5.32. The Morgan fingerprint density at radius 3 is 2.81 bits per heavy atom. The van der Waals surface area contributed by atoms with Crippen molar-refractivity contribution in [2.75, 3.05) is 16.4 Å². The van der Waals surface area contributed by atoms with Gasteiger partial charge >= 0.3 is 0 Å². The first-order chi connectivity index (χ1) is 12.8. The van der Waals surface area contributed by atoms with E-state index in [1.807, 2.05) is 20.8 Å². The second-order valence-corrected chi connectivity index (χ2v) is 8.87. The van der Waals surface area contributed by atoms with Gasteiger partial charge in [-0.3, -0.25) is 10.1 Å². The highest BCUT2D eigenvalue weighted by Crippen LogP contribution is 2.28. The summed E-state index contributed by atoms with van der Waals surface area (Å²) in [5, 5.41) is 18.1. The number of hydrogen-bond donors (Lipinski definition) is 2. The van der Waals surface area contributed by atoms with Crippen LogP contribution in [0.1, 0.15) is 26.5 Å². The molecule has 0 atom stereocenters.